The van der Waals surface area contributed by atoms with E-state index in [1.165, 1.54) is 6.42 Å². The van der Waals surface area contributed by atoms with Crippen molar-refractivity contribution in [1.29, 1.82) is 0 Å². The quantitative estimate of drug-likeness (QED) is 0.344. The van der Waals surface area contributed by atoms with Gasteiger partial charge < -0.3 is 14.2 Å². The third-order valence-corrected chi connectivity index (χ3v) is 6.20. The van der Waals surface area contributed by atoms with Crippen molar-refractivity contribution in [3.63, 3.8) is 0 Å². The molecule has 0 radical (unpaired) electrons. The predicted molar refractivity (Wildman–Crippen MR) is 106 cm³/mol. The summed E-state index contributed by atoms with van der Waals surface area (Å²) in [7, 11) is 0. The summed E-state index contributed by atoms with van der Waals surface area (Å²) < 4.78 is 19.0. The Kier molecular flexibility index (Phi) is 5.55. The number of hydrogen-bond acceptors (Lipinski definition) is 4. The predicted octanol–water partition coefficient (Wildman–Crippen LogP) is 5.26. The van der Waals surface area contributed by atoms with Gasteiger partial charge in [0.1, 0.15) is 5.60 Å². The summed E-state index contributed by atoms with van der Waals surface area (Å²) >= 11 is 0. The fraction of sp³-hybridized carbons (Fsp3) is 0.870. The van der Waals surface area contributed by atoms with Gasteiger partial charge in [-0.3, -0.25) is 0 Å². The van der Waals surface area contributed by atoms with Crippen molar-refractivity contribution < 1.29 is 19.0 Å². The van der Waals surface area contributed by atoms with Crippen molar-refractivity contribution in [2.24, 2.45) is 23.2 Å². The lowest BCUT2D eigenvalue weighted by Gasteiger charge is -2.61. The fourth-order valence-electron chi connectivity index (χ4n) is 5.58. The van der Waals surface area contributed by atoms with Gasteiger partial charge in [0.2, 0.25) is 0 Å². The van der Waals surface area contributed by atoms with E-state index in [4.69, 9.17) is 14.2 Å². The minimum Gasteiger partial charge on any atom is -0.456 e. The Bertz CT molecular complexity index is 572. The lowest BCUT2D eigenvalue weighted by molar-refractivity contribution is -0.295. The maximum absolute atomic E-state index is 12.3. The molecule has 154 valence electrons. The van der Waals surface area contributed by atoms with Gasteiger partial charge in [-0.25, -0.2) is 4.79 Å². The van der Waals surface area contributed by atoms with Crippen LogP contribution in [-0.2, 0) is 19.0 Å². The van der Waals surface area contributed by atoms with Crippen molar-refractivity contribution in [2.45, 2.75) is 97.6 Å². The maximum Gasteiger partial charge on any atom is 0.333 e. The molecule has 0 N–H and O–H groups in total. The van der Waals surface area contributed by atoms with Crippen molar-refractivity contribution in [3.05, 3.63) is 12.2 Å². The number of carbonyl (C=O) groups is 1. The Morgan fingerprint density at radius 2 is 1.67 bits per heavy atom. The molecule has 0 spiro atoms. The van der Waals surface area contributed by atoms with E-state index < -0.39 is 0 Å². The normalized spacial score (nSPS) is 36.1. The molecule has 27 heavy (non-hydrogen) atoms. The molecule has 0 amide bonds. The van der Waals surface area contributed by atoms with E-state index in [0.717, 1.165) is 32.1 Å². The summed E-state index contributed by atoms with van der Waals surface area (Å²) in [6, 6.07) is 0. The van der Waals surface area contributed by atoms with Crippen LogP contribution in [0.15, 0.2) is 12.2 Å². The Morgan fingerprint density at radius 1 is 1.11 bits per heavy atom. The number of esters is 1. The van der Waals surface area contributed by atoms with E-state index in [1.807, 2.05) is 0 Å². The van der Waals surface area contributed by atoms with Crippen LogP contribution in [0.2, 0.25) is 0 Å². The van der Waals surface area contributed by atoms with E-state index in [1.54, 1.807) is 6.92 Å². The zero-order valence-electron chi connectivity index (χ0n) is 18.1. The average Bonchev–Trinajstić information content (AvgIpc) is 2.48. The van der Waals surface area contributed by atoms with Gasteiger partial charge in [0.25, 0.3) is 0 Å². The first-order chi connectivity index (χ1) is 12.4. The van der Waals surface area contributed by atoms with Gasteiger partial charge in [0.05, 0.1) is 12.2 Å². The molecule has 4 bridgehead atoms. The highest BCUT2D eigenvalue weighted by atomic mass is 16.7. The molecule has 0 aromatic heterocycles. The zero-order valence-corrected chi connectivity index (χ0v) is 18.1. The van der Waals surface area contributed by atoms with Gasteiger partial charge in [-0.2, -0.15) is 0 Å². The number of ether oxygens (including phenoxy) is 3. The van der Waals surface area contributed by atoms with Gasteiger partial charge in [-0.05, 0) is 56.3 Å². The Hall–Kier alpha value is -0.870. The molecular weight excluding hydrogens is 340 g/mol. The molecule has 3 atom stereocenters. The summed E-state index contributed by atoms with van der Waals surface area (Å²) in [6.07, 6.45) is 5.91. The van der Waals surface area contributed by atoms with Crippen LogP contribution in [-0.4, -0.2) is 30.1 Å². The molecular formula is C23H38O4. The van der Waals surface area contributed by atoms with Crippen LogP contribution in [0.5, 0.6) is 0 Å². The van der Waals surface area contributed by atoms with E-state index in [0.29, 0.717) is 24.0 Å². The van der Waals surface area contributed by atoms with Gasteiger partial charge in [-0.1, -0.05) is 41.2 Å². The summed E-state index contributed by atoms with van der Waals surface area (Å²) in [5.74, 6) is 1.20. The summed E-state index contributed by atoms with van der Waals surface area (Å²) in [4.78, 5) is 12.3. The molecule has 0 aromatic rings. The van der Waals surface area contributed by atoms with Gasteiger partial charge in [0.15, 0.2) is 6.29 Å². The molecule has 4 heteroatoms. The molecule has 4 nitrogen and oxygen atoms in total. The van der Waals surface area contributed by atoms with Crippen LogP contribution >= 0.6 is 0 Å². The second-order valence-corrected chi connectivity index (χ2v) is 11.1. The molecule has 4 saturated carbocycles. The Balaban J connectivity index is 1.76. The SMILES string of the molecule is C=C(C)C(=O)OC12CC3CC(C1)CC(OC(OCC(C)(C)C)C(C)C)(C3)C2. The van der Waals surface area contributed by atoms with Crippen LogP contribution in [0.1, 0.15) is 80.1 Å². The molecule has 4 fully saturated rings. The third-order valence-electron chi connectivity index (χ3n) is 6.20. The summed E-state index contributed by atoms with van der Waals surface area (Å²) in [5.41, 5.74) is 0.00278. The smallest absolute Gasteiger partial charge is 0.333 e. The molecule has 0 aliphatic heterocycles. The van der Waals surface area contributed by atoms with E-state index >= 15 is 0 Å². The average molecular weight is 379 g/mol. The van der Waals surface area contributed by atoms with Crippen molar-refractivity contribution >= 4 is 5.97 Å². The van der Waals surface area contributed by atoms with Gasteiger partial charge >= 0.3 is 5.97 Å². The number of rotatable bonds is 7. The topological polar surface area (TPSA) is 44.8 Å². The highest BCUT2D eigenvalue weighted by Gasteiger charge is 2.61. The molecule has 3 unspecified atom stereocenters. The Labute approximate surface area is 165 Å². The first-order valence-corrected chi connectivity index (χ1v) is 10.6. The summed E-state index contributed by atoms with van der Waals surface area (Å²) in [6.45, 7) is 17.0. The largest absolute Gasteiger partial charge is 0.456 e. The van der Waals surface area contributed by atoms with Crippen LogP contribution in [0.25, 0.3) is 0 Å². The highest BCUT2D eigenvalue weighted by Crippen LogP contribution is 2.60. The van der Waals surface area contributed by atoms with E-state index in [-0.39, 0.29) is 34.8 Å². The lowest BCUT2D eigenvalue weighted by atomic mass is 9.52. The van der Waals surface area contributed by atoms with Crippen LogP contribution in [0, 0.1) is 23.2 Å². The standard InChI is InChI=1S/C23H38O4/c1-15(2)19(24)26-22-9-17-8-18(10-22)12-23(11-17,13-22)27-20(16(3)4)25-14-21(5,6)7/h16-18,20H,1,8-14H2,2-7H3. The highest BCUT2D eigenvalue weighted by molar-refractivity contribution is 5.87. The molecule has 0 aromatic carbocycles. The Morgan fingerprint density at radius 3 is 2.15 bits per heavy atom. The first-order valence-electron chi connectivity index (χ1n) is 10.6. The van der Waals surface area contributed by atoms with Gasteiger partial charge in [-0.15, -0.1) is 0 Å². The molecule has 0 saturated heterocycles. The van der Waals surface area contributed by atoms with Crippen LogP contribution in [0.3, 0.4) is 0 Å². The van der Waals surface area contributed by atoms with Crippen LogP contribution in [0.4, 0.5) is 0 Å². The molecule has 4 aliphatic carbocycles. The second-order valence-electron chi connectivity index (χ2n) is 11.1. The third kappa shape index (κ3) is 4.76. The maximum atomic E-state index is 12.3. The number of carbonyl (C=O) groups excluding carboxylic acids is 1. The molecule has 4 rings (SSSR count). The molecule has 0 heterocycles. The summed E-state index contributed by atoms with van der Waals surface area (Å²) in [5, 5.41) is 0. The van der Waals surface area contributed by atoms with Crippen LogP contribution < -0.4 is 0 Å². The minimum atomic E-state index is -0.369. The second kappa shape index (κ2) is 7.18. The lowest BCUT2D eigenvalue weighted by Crippen LogP contribution is -2.62. The zero-order chi connectivity index (χ0) is 20.0. The van der Waals surface area contributed by atoms with E-state index in [2.05, 4.69) is 41.2 Å². The van der Waals surface area contributed by atoms with E-state index in [9.17, 15) is 4.79 Å². The molecule has 4 aliphatic rings. The van der Waals surface area contributed by atoms with Crippen molar-refractivity contribution in [1.82, 2.24) is 0 Å². The fourth-order valence-corrected chi connectivity index (χ4v) is 5.58. The first kappa shape index (κ1) is 20.9. The number of hydrogen-bond donors (Lipinski definition) is 0. The monoisotopic (exact) mass is 378 g/mol. The minimum absolute atomic E-state index is 0.107. The van der Waals surface area contributed by atoms with Gasteiger partial charge in [0, 0.05) is 17.9 Å². The van der Waals surface area contributed by atoms with Crippen molar-refractivity contribution in [2.75, 3.05) is 6.61 Å². The van der Waals surface area contributed by atoms with Crippen molar-refractivity contribution in [3.8, 4) is 0 Å².